The second-order valence-electron chi connectivity index (χ2n) is 5.36. The lowest BCUT2D eigenvalue weighted by atomic mass is 9.86. The molecular weight excluding hydrogens is 238 g/mol. The monoisotopic (exact) mass is 255 g/mol. The number of fused-ring (bicyclic) bond motifs is 1. The van der Waals surface area contributed by atoms with Crippen molar-refractivity contribution in [2.45, 2.75) is 37.5 Å². The fourth-order valence-corrected chi connectivity index (χ4v) is 2.66. The lowest BCUT2D eigenvalue weighted by molar-refractivity contribution is 0.348. The van der Waals surface area contributed by atoms with E-state index in [1.54, 1.807) is 6.07 Å². The van der Waals surface area contributed by atoms with Crippen LogP contribution in [-0.2, 0) is 21.9 Å². The molecule has 5 heteroatoms. The summed E-state index contributed by atoms with van der Waals surface area (Å²) in [5.41, 5.74) is 1.78. The lowest BCUT2D eigenvalue weighted by Gasteiger charge is -2.21. The van der Waals surface area contributed by atoms with E-state index in [1.165, 1.54) is 0 Å². The zero-order valence-corrected chi connectivity index (χ0v) is 11.1. The summed E-state index contributed by atoms with van der Waals surface area (Å²) in [5, 5.41) is 5.23. The highest BCUT2D eigenvalue weighted by molar-refractivity contribution is 7.89. The van der Waals surface area contributed by atoms with Gasteiger partial charge in [-0.15, -0.1) is 0 Å². The number of hydrogen-bond donors (Lipinski definition) is 1. The molecule has 94 valence electrons. The third-order valence-electron chi connectivity index (χ3n) is 2.92. The molecule has 1 aromatic rings. The van der Waals surface area contributed by atoms with Gasteiger partial charge in [0.2, 0.25) is 10.0 Å². The Kier molecular flexibility index (Phi) is 2.71. The van der Waals surface area contributed by atoms with E-state index in [-0.39, 0.29) is 10.3 Å². The molecule has 0 fully saturated rings. The van der Waals surface area contributed by atoms with Crippen LogP contribution in [0.2, 0.25) is 0 Å². The van der Waals surface area contributed by atoms with Crippen LogP contribution < -0.4 is 9.88 Å². The van der Waals surface area contributed by atoms with Gasteiger partial charge in [0, 0.05) is 6.42 Å². The summed E-state index contributed by atoms with van der Waals surface area (Å²) in [6, 6.07) is 3.64. The zero-order valence-electron chi connectivity index (χ0n) is 10.3. The summed E-state index contributed by atoms with van der Waals surface area (Å²) >= 11 is 0. The summed E-state index contributed by atoms with van der Waals surface area (Å²) < 4.78 is 28.5. The van der Waals surface area contributed by atoms with E-state index in [0.29, 0.717) is 12.4 Å². The first-order chi connectivity index (χ1) is 7.69. The van der Waals surface area contributed by atoms with Gasteiger partial charge < -0.3 is 4.74 Å². The maximum Gasteiger partial charge on any atom is 0.241 e. The smallest absolute Gasteiger partial charge is 0.241 e. The third-order valence-corrected chi connectivity index (χ3v) is 3.84. The number of sulfonamides is 1. The molecule has 1 heterocycles. The topological polar surface area (TPSA) is 69.4 Å². The van der Waals surface area contributed by atoms with Gasteiger partial charge in [0.25, 0.3) is 0 Å². The Morgan fingerprint density at radius 3 is 2.47 bits per heavy atom. The largest absolute Gasteiger partial charge is 0.492 e. The Morgan fingerprint density at radius 1 is 1.29 bits per heavy atom. The summed E-state index contributed by atoms with van der Waals surface area (Å²) in [5.74, 6) is 0.431. The number of primary sulfonamides is 1. The predicted molar refractivity (Wildman–Crippen MR) is 65.7 cm³/mol. The summed E-state index contributed by atoms with van der Waals surface area (Å²) in [4.78, 5) is 0.109. The Morgan fingerprint density at radius 2 is 1.94 bits per heavy atom. The molecule has 0 radical (unpaired) electrons. The summed E-state index contributed by atoms with van der Waals surface area (Å²) in [6.45, 7) is 6.64. The normalized spacial score (nSPS) is 15.5. The molecule has 0 bridgehead atoms. The molecule has 2 rings (SSSR count). The van der Waals surface area contributed by atoms with E-state index in [2.05, 4.69) is 0 Å². The van der Waals surface area contributed by atoms with Gasteiger partial charge in [-0.1, -0.05) is 26.8 Å². The highest BCUT2D eigenvalue weighted by Crippen LogP contribution is 2.36. The molecule has 0 amide bonds. The molecule has 0 spiro atoms. The van der Waals surface area contributed by atoms with Crippen molar-refractivity contribution in [3.8, 4) is 5.75 Å². The molecule has 4 nitrogen and oxygen atoms in total. The van der Waals surface area contributed by atoms with E-state index in [4.69, 9.17) is 9.88 Å². The first-order valence-electron chi connectivity index (χ1n) is 5.52. The van der Waals surface area contributed by atoms with Crippen molar-refractivity contribution in [3.63, 3.8) is 0 Å². The van der Waals surface area contributed by atoms with Gasteiger partial charge in [-0.2, -0.15) is 0 Å². The van der Waals surface area contributed by atoms with Crippen LogP contribution in [0.1, 0.15) is 31.9 Å². The number of nitrogens with two attached hydrogens (primary N) is 1. The second kappa shape index (κ2) is 3.71. The second-order valence-corrected chi connectivity index (χ2v) is 6.89. The molecule has 0 unspecified atom stereocenters. The Bertz CT molecular complexity index is 556. The van der Waals surface area contributed by atoms with Gasteiger partial charge in [-0.3, -0.25) is 0 Å². The van der Waals surface area contributed by atoms with Crippen molar-refractivity contribution in [2.75, 3.05) is 6.61 Å². The van der Waals surface area contributed by atoms with E-state index in [0.717, 1.165) is 17.5 Å². The average molecular weight is 255 g/mol. The van der Waals surface area contributed by atoms with Crippen molar-refractivity contribution >= 4 is 10.0 Å². The van der Waals surface area contributed by atoms with Gasteiger partial charge in [0.15, 0.2) is 0 Å². The molecule has 0 aliphatic carbocycles. The Balaban J connectivity index is 2.71. The lowest BCUT2D eigenvalue weighted by Crippen LogP contribution is -2.17. The van der Waals surface area contributed by atoms with Crippen molar-refractivity contribution < 1.29 is 13.2 Å². The summed E-state index contributed by atoms with van der Waals surface area (Å²) in [6.07, 6.45) is 0.738. The minimum absolute atomic E-state index is 0.109. The molecule has 0 atom stereocenters. The van der Waals surface area contributed by atoms with Crippen LogP contribution in [0.3, 0.4) is 0 Å². The van der Waals surface area contributed by atoms with Crippen LogP contribution in [0.4, 0.5) is 0 Å². The zero-order chi connectivity index (χ0) is 12.8. The van der Waals surface area contributed by atoms with Gasteiger partial charge in [-0.05, 0) is 22.6 Å². The SMILES string of the molecule is CC(C)(C)c1cc2c(c(S(N)(=O)=O)c1)OCC2. The number of ether oxygens (including phenoxy) is 1. The first kappa shape index (κ1) is 12.4. The molecule has 1 aliphatic heterocycles. The van der Waals surface area contributed by atoms with Crippen molar-refractivity contribution in [2.24, 2.45) is 5.14 Å². The van der Waals surface area contributed by atoms with Gasteiger partial charge in [-0.25, -0.2) is 13.6 Å². The molecule has 1 aromatic carbocycles. The Labute approximate surface area is 102 Å². The van der Waals surface area contributed by atoms with E-state index in [1.807, 2.05) is 26.8 Å². The maximum atomic E-state index is 11.6. The van der Waals surface area contributed by atoms with Crippen LogP contribution in [0, 0.1) is 0 Å². The minimum Gasteiger partial charge on any atom is -0.492 e. The standard InChI is InChI=1S/C12H17NO3S/c1-12(2,3)9-6-8-4-5-16-11(8)10(7-9)17(13,14)15/h6-7H,4-5H2,1-3H3,(H2,13,14,15). The number of hydrogen-bond acceptors (Lipinski definition) is 3. The number of rotatable bonds is 1. The Hall–Kier alpha value is -1.07. The van der Waals surface area contributed by atoms with Gasteiger partial charge in [0.05, 0.1) is 6.61 Å². The molecule has 2 N–H and O–H groups in total. The minimum atomic E-state index is -3.74. The van der Waals surface area contributed by atoms with Crippen LogP contribution in [0.5, 0.6) is 5.75 Å². The van der Waals surface area contributed by atoms with Crippen LogP contribution in [0.15, 0.2) is 17.0 Å². The molecule has 0 saturated heterocycles. The van der Waals surface area contributed by atoms with Crippen molar-refractivity contribution in [3.05, 3.63) is 23.3 Å². The quantitative estimate of drug-likeness (QED) is 0.828. The molecular formula is C12H17NO3S. The van der Waals surface area contributed by atoms with Crippen LogP contribution in [-0.4, -0.2) is 15.0 Å². The summed E-state index contributed by atoms with van der Waals surface area (Å²) in [7, 11) is -3.74. The molecule has 1 aliphatic rings. The van der Waals surface area contributed by atoms with E-state index < -0.39 is 10.0 Å². The van der Waals surface area contributed by atoms with Crippen molar-refractivity contribution in [1.29, 1.82) is 0 Å². The molecule has 0 saturated carbocycles. The predicted octanol–water partition coefficient (Wildman–Crippen LogP) is 1.57. The first-order valence-corrected chi connectivity index (χ1v) is 7.07. The average Bonchev–Trinajstić information content (AvgIpc) is 2.59. The van der Waals surface area contributed by atoms with Crippen LogP contribution in [0.25, 0.3) is 0 Å². The molecule has 17 heavy (non-hydrogen) atoms. The highest BCUT2D eigenvalue weighted by Gasteiger charge is 2.27. The fraction of sp³-hybridized carbons (Fsp3) is 0.500. The molecule has 0 aromatic heterocycles. The van der Waals surface area contributed by atoms with Crippen molar-refractivity contribution in [1.82, 2.24) is 0 Å². The fourth-order valence-electron chi connectivity index (χ4n) is 1.92. The third kappa shape index (κ3) is 2.30. The maximum absolute atomic E-state index is 11.6. The van der Waals surface area contributed by atoms with Crippen LogP contribution >= 0.6 is 0 Å². The van der Waals surface area contributed by atoms with E-state index >= 15 is 0 Å². The van der Waals surface area contributed by atoms with Gasteiger partial charge >= 0.3 is 0 Å². The van der Waals surface area contributed by atoms with E-state index in [9.17, 15) is 8.42 Å². The van der Waals surface area contributed by atoms with Gasteiger partial charge in [0.1, 0.15) is 10.6 Å². The number of benzene rings is 1. The highest BCUT2D eigenvalue weighted by atomic mass is 32.2.